The first-order valence-corrected chi connectivity index (χ1v) is 11.0. The minimum atomic E-state index is -0.692. The molecule has 4 rings (SSSR count). The second-order valence-electron chi connectivity index (χ2n) is 8.27. The highest BCUT2D eigenvalue weighted by molar-refractivity contribution is 5.70. The number of aliphatic hydroxyl groups excluding tert-OH is 1. The summed E-state index contributed by atoms with van der Waals surface area (Å²) in [7, 11) is 0. The highest BCUT2D eigenvalue weighted by Gasteiger charge is 2.43. The summed E-state index contributed by atoms with van der Waals surface area (Å²) in [5, 5.41) is 9.37. The van der Waals surface area contributed by atoms with Crippen LogP contribution in [0.5, 0.6) is 0 Å². The normalized spacial score (nSPS) is 19.4. The van der Waals surface area contributed by atoms with E-state index in [0.29, 0.717) is 31.6 Å². The zero-order chi connectivity index (χ0) is 22.6. The molecule has 6 nitrogen and oxygen atoms in total. The van der Waals surface area contributed by atoms with Crippen molar-refractivity contribution < 1.29 is 14.6 Å². The molecule has 0 aliphatic carbocycles. The Morgan fingerprint density at radius 2 is 1.88 bits per heavy atom. The van der Waals surface area contributed by atoms with E-state index in [2.05, 4.69) is 4.98 Å². The van der Waals surface area contributed by atoms with Gasteiger partial charge in [0.25, 0.3) is 0 Å². The lowest BCUT2D eigenvalue weighted by Crippen LogP contribution is -2.48. The van der Waals surface area contributed by atoms with Gasteiger partial charge in [-0.05, 0) is 54.2 Å². The summed E-state index contributed by atoms with van der Waals surface area (Å²) in [4.78, 5) is 18.9. The van der Waals surface area contributed by atoms with Gasteiger partial charge in [-0.3, -0.25) is 0 Å². The molecule has 1 saturated heterocycles. The van der Waals surface area contributed by atoms with Gasteiger partial charge in [-0.15, -0.1) is 0 Å². The van der Waals surface area contributed by atoms with Gasteiger partial charge in [0.05, 0.1) is 6.04 Å². The number of nitrogens with zero attached hydrogens (tertiary/aromatic N) is 2. The number of hydrogen-bond acceptors (Lipinski definition) is 5. The van der Waals surface area contributed by atoms with Gasteiger partial charge >= 0.3 is 6.09 Å². The van der Waals surface area contributed by atoms with Crippen LogP contribution in [0.4, 0.5) is 10.6 Å². The number of ether oxygens (including phenoxy) is 1. The van der Waals surface area contributed by atoms with Crippen LogP contribution in [0.15, 0.2) is 72.9 Å². The van der Waals surface area contributed by atoms with E-state index in [-0.39, 0.29) is 18.7 Å². The molecular weight excluding hydrogens is 402 g/mol. The maximum Gasteiger partial charge on any atom is 0.411 e. The molecule has 6 heteroatoms. The fourth-order valence-electron chi connectivity index (χ4n) is 4.41. The summed E-state index contributed by atoms with van der Waals surface area (Å²) < 4.78 is 6.08. The maximum atomic E-state index is 13.1. The number of benzene rings is 2. The van der Waals surface area contributed by atoms with Crippen molar-refractivity contribution in [3.8, 4) is 11.1 Å². The Balaban J connectivity index is 1.51. The minimum absolute atomic E-state index is 0.0712. The number of rotatable bonds is 7. The molecule has 1 aliphatic rings. The van der Waals surface area contributed by atoms with E-state index in [1.807, 2.05) is 73.7 Å². The number of cyclic esters (lactones) is 1. The number of nitrogens with two attached hydrogens (primary N) is 1. The lowest BCUT2D eigenvalue weighted by molar-refractivity contribution is -0.0680. The number of anilines is 1. The second kappa shape index (κ2) is 9.40. The zero-order valence-electron chi connectivity index (χ0n) is 18.3. The van der Waals surface area contributed by atoms with Crippen molar-refractivity contribution in [2.45, 2.75) is 37.8 Å². The second-order valence-corrected chi connectivity index (χ2v) is 8.27. The van der Waals surface area contributed by atoms with Crippen LogP contribution in [0.1, 0.15) is 43.4 Å². The number of hydrogen-bond donors (Lipinski definition) is 2. The molecule has 0 radical (unpaired) electrons. The van der Waals surface area contributed by atoms with E-state index in [9.17, 15) is 9.90 Å². The third-order valence-corrected chi connectivity index (χ3v) is 6.29. The molecule has 0 spiro atoms. The molecule has 3 aromatic rings. The number of aliphatic hydroxyl groups is 1. The van der Waals surface area contributed by atoms with E-state index in [1.54, 1.807) is 11.1 Å². The standard InChI is InChI=1S/C26H29N3O3/c1-19(20-8-10-21(11-9-20)22-12-15-28-24(27)18-22)29-16-14-26(13-5-17-30,32-25(29)31)23-6-3-2-4-7-23/h2-4,6-12,15,18-19,30H,5,13-14,16-17H2,1H3,(H2,27,28)/t19-,26+/m0/s1. The Morgan fingerprint density at radius 3 is 2.53 bits per heavy atom. The van der Waals surface area contributed by atoms with E-state index in [4.69, 9.17) is 10.5 Å². The maximum absolute atomic E-state index is 13.1. The molecule has 1 aromatic heterocycles. The molecule has 2 atom stereocenters. The number of aromatic nitrogens is 1. The number of carbonyl (C=O) groups excluding carboxylic acids is 1. The first kappa shape index (κ1) is 21.8. The molecule has 166 valence electrons. The molecule has 1 fully saturated rings. The smallest absolute Gasteiger partial charge is 0.411 e. The molecule has 2 aromatic carbocycles. The van der Waals surface area contributed by atoms with Gasteiger partial charge in [0.1, 0.15) is 11.4 Å². The van der Waals surface area contributed by atoms with Crippen LogP contribution in [0.3, 0.4) is 0 Å². The number of pyridine rings is 1. The van der Waals surface area contributed by atoms with Crippen molar-refractivity contribution in [1.82, 2.24) is 9.88 Å². The predicted molar refractivity (Wildman–Crippen MR) is 125 cm³/mol. The monoisotopic (exact) mass is 431 g/mol. The summed E-state index contributed by atoms with van der Waals surface area (Å²) in [5.74, 6) is 0.485. The van der Waals surface area contributed by atoms with Crippen molar-refractivity contribution in [2.24, 2.45) is 0 Å². The first-order chi connectivity index (χ1) is 15.5. The zero-order valence-corrected chi connectivity index (χ0v) is 18.3. The largest absolute Gasteiger partial charge is 0.438 e. The molecule has 32 heavy (non-hydrogen) atoms. The van der Waals surface area contributed by atoms with Gasteiger partial charge in [-0.25, -0.2) is 9.78 Å². The van der Waals surface area contributed by atoms with Gasteiger partial charge in [0.2, 0.25) is 0 Å². The van der Waals surface area contributed by atoms with Crippen LogP contribution in [0, 0.1) is 0 Å². The Kier molecular flexibility index (Phi) is 6.42. The molecule has 2 heterocycles. The molecule has 0 bridgehead atoms. The van der Waals surface area contributed by atoms with Crippen LogP contribution >= 0.6 is 0 Å². The average molecular weight is 432 g/mol. The van der Waals surface area contributed by atoms with Crippen molar-refractivity contribution in [1.29, 1.82) is 0 Å². The SMILES string of the molecule is C[C@@H](c1ccc(-c2ccnc(N)c2)cc1)N1CC[C@](CCCO)(c2ccccc2)OC1=O. The lowest BCUT2D eigenvalue weighted by Gasteiger charge is -2.43. The van der Waals surface area contributed by atoms with E-state index < -0.39 is 5.60 Å². The van der Waals surface area contributed by atoms with Gasteiger partial charge in [0, 0.05) is 25.8 Å². The van der Waals surface area contributed by atoms with Crippen LogP contribution < -0.4 is 5.73 Å². The first-order valence-electron chi connectivity index (χ1n) is 11.0. The Hall–Kier alpha value is -3.38. The molecule has 1 amide bonds. The van der Waals surface area contributed by atoms with E-state index in [1.165, 1.54) is 0 Å². The third-order valence-electron chi connectivity index (χ3n) is 6.29. The minimum Gasteiger partial charge on any atom is -0.438 e. The van der Waals surface area contributed by atoms with Gasteiger partial charge in [-0.2, -0.15) is 0 Å². The van der Waals surface area contributed by atoms with Gasteiger partial charge < -0.3 is 20.5 Å². The van der Waals surface area contributed by atoms with Crippen LogP contribution in [-0.4, -0.2) is 34.2 Å². The molecule has 0 saturated carbocycles. The molecule has 1 aliphatic heterocycles. The van der Waals surface area contributed by atoms with E-state index in [0.717, 1.165) is 22.3 Å². The molecule has 0 unspecified atom stereocenters. The summed E-state index contributed by atoms with van der Waals surface area (Å²) in [6, 6.07) is 21.6. The lowest BCUT2D eigenvalue weighted by atomic mass is 9.84. The highest BCUT2D eigenvalue weighted by Crippen LogP contribution is 2.40. The summed E-state index contributed by atoms with van der Waals surface area (Å²) in [6.07, 6.45) is 3.24. The molecule has 3 N–H and O–H groups in total. The Bertz CT molecular complexity index is 1060. The third kappa shape index (κ3) is 4.46. The van der Waals surface area contributed by atoms with Crippen LogP contribution in [0.2, 0.25) is 0 Å². The van der Waals surface area contributed by atoms with E-state index >= 15 is 0 Å². The number of amides is 1. The molecular formula is C26H29N3O3. The average Bonchev–Trinajstić information content (AvgIpc) is 2.83. The quantitative estimate of drug-likeness (QED) is 0.555. The van der Waals surface area contributed by atoms with Gasteiger partial charge in [0.15, 0.2) is 0 Å². The van der Waals surface area contributed by atoms with Crippen LogP contribution in [0.25, 0.3) is 11.1 Å². The fraction of sp³-hybridized carbons (Fsp3) is 0.308. The van der Waals surface area contributed by atoms with Crippen LogP contribution in [-0.2, 0) is 10.3 Å². The number of carbonyl (C=O) groups is 1. The topological polar surface area (TPSA) is 88.7 Å². The predicted octanol–water partition coefficient (Wildman–Crippen LogP) is 4.90. The van der Waals surface area contributed by atoms with Crippen molar-refractivity contribution in [2.75, 3.05) is 18.9 Å². The van der Waals surface area contributed by atoms with Crippen molar-refractivity contribution in [3.05, 3.63) is 84.1 Å². The summed E-state index contributed by atoms with van der Waals surface area (Å²) in [6.45, 7) is 2.68. The Morgan fingerprint density at radius 1 is 1.12 bits per heavy atom. The van der Waals surface area contributed by atoms with Gasteiger partial charge in [-0.1, -0.05) is 54.6 Å². The van der Waals surface area contributed by atoms with Crippen molar-refractivity contribution >= 4 is 11.9 Å². The fourth-order valence-corrected chi connectivity index (χ4v) is 4.41. The Labute approximate surface area is 188 Å². The van der Waals surface area contributed by atoms with Crippen molar-refractivity contribution in [3.63, 3.8) is 0 Å². The highest BCUT2D eigenvalue weighted by atomic mass is 16.6. The summed E-state index contributed by atoms with van der Waals surface area (Å²) in [5.41, 5.74) is 9.17. The summed E-state index contributed by atoms with van der Waals surface area (Å²) >= 11 is 0. The number of nitrogen functional groups attached to an aromatic ring is 1.